The highest BCUT2D eigenvalue weighted by molar-refractivity contribution is 9.10. The van der Waals surface area contributed by atoms with Crippen LogP contribution >= 0.6 is 15.9 Å². The molecule has 5 nitrogen and oxygen atoms in total. The Bertz CT molecular complexity index is 452. The van der Waals surface area contributed by atoms with Crippen LogP contribution in [0.5, 0.6) is 0 Å². The number of halogens is 1. The van der Waals surface area contributed by atoms with Crippen LogP contribution in [0.3, 0.4) is 0 Å². The second-order valence-corrected chi connectivity index (χ2v) is 5.49. The van der Waals surface area contributed by atoms with E-state index in [-0.39, 0.29) is 12.5 Å². The summed E-state index contributed by atoms with van der Waals surface area (Å²) in [5, 5.41) is 12.6. The lowest BCUT2D eigenvalue weighted by Crippen LogP contribution is -2.37. The van der Waals surface area contributed by atoms with Crippen LogP contribution in [0.1, 0.15) is 18.6 Å². The Kier molecular flexibility index (Phi) is 6.98. The molecule has 0 saturated heterocycles. The van der Waals surface area contributed by atoms with Gasteiger partial charge in [0.05, 0.1) is 19.3 Å². The number of carbonyl (C=O) groups excluding carboxylic acids is 1. The van der Waals surface area contributed by atoms with Crippen molar-refractivity contribution in [2.24, 2.45) is 0 Å². The average Bonchev–Trinajstić information content (AvgIpc) is 2.38. The van der Waals surface area contributed by atoms with Crippen LogP contribution in [0.15, 0.2) is 22.7 Å². The number of nitrogens with one attached hydrogen (secondary N) is 1. The number of likely N-dealkylation sites (N-methyl/N-ethyl adjacent to an activating group) is 1. The van der Waals surface area contributed by atoms with Gasteiger partial charge >= 0.3 is 0 Å². The summed E-state index contributed by atoms with van der Waals surface area (Å²) in [5.41, 5.74) is 1.62. The van der Waals surface area contributed by atoms with E-state index in [0.717, 1.165) is 15.7 Å². The number of ether oxygens (including phenoxy) is 1. The molecule has 0 aliphatic rings. The van der Waals surface area contributed by atoms with Crippen molar-refractivity contribution in [1.29, 1.82) is 0 Å². The largest absolute Gasteiger partial charge is 0.389 e. The normalized spacial score (nSPS) is 12.1. The van der Waals surface area contributed by atoms with Crippen LogP contribution in [0.2, 0.25) is 0 Å². The Morgan fingerprint density at radius 3 is 2.85 bits per heavy atom. The smallest absolute Gasteiger partial charge is 0.239 e. The van der Waals surface area contributed by atoms with Gasteiger partial charge in [-0.3, -0.25) is 4.79 Å². The van der Waals surface area contributed by atoms with E-state index in [2.05, 4.69) is 21.2 Å². The molecule has 0 saturated carbocycles. The first-order chi connectivity index (χ1) is 9.45. The number of nitrogens with zero attached hydrogens (tertiary/aromatic N) is 1. The number of methoxy groups -OCH3 is 1. The molecular weight excluding hydrogens is 324 g/mol. The first kappa shape index (κ1) is 16.9. The maximum absolute atomic E-state index is 11.8. The van der Waals surface area contributed by atoms with Gasteiger partial charge in [-0.05, 0) is 25.1 Å². The number of carbonyl (C=O) groups is 1. The molecule has 1 aromatic rings. The van der Waals surface area contributed by atoms with Gasteiger partial charge in [-0.2, -0.15) is 0 Å². The lowest BCUT2D eigenvalue weighted by molar-refractivity contribution is -0.119. The van der Waals surface area contributed by atoms with E-state index in [1.807, 2.05) is 30.1 Å². The Balaban J connectivity index is 2.72. The molecular formula is C14H21BrN2O3. The van der Waals surface area contributed by atoms with Crippen molar-refractivity contribution in [2.45, 2.75) is 13.0 Å². The fourth-order valence-electron chi connectivity index (χ4n) is 1.86. The lowest BCUT2D eigenvalue weighted by atomic mass is 10.1. The van der Waals surface area contributed by atoms with Crippen molar-refractivity contribution in [2.75, 3.05) is 38.8 Å². The monoisotopic (exact) mass is 344 g/mol. The number of amides is 1. The molecule has 2 N–H and O–H groups in total. The molecule has 0 radical (unpaired) electrons. The number of aliphatic hydroxyl groups is 1. The first-order valence-corrected chi connectivity index (χ1v) is 7.19. The van der Waals surface area contributed by atoms with Crippen molar-refractivity contribution in [3.05, 3.63) is 28.2 Å². The molecule has 0 spiro atoms. The molecule has 6 heteroatoms. The Morgan fingerprint density at radius 2 is 2.25 bits per heavy atom. The van der Waals surface area contributed by atoms with Crippen LogP contribution < -0.4 is 10.2 Å². The predicted molar refractivity (Wildman–Crippen MR) is 82.9 cm³/mol. The van der Waals surface area contributed by atoms with Gasteiger partial charge in [0.15, 0.2) is 0 Å². The van der Waals surface area contributed by atoms with Gasteiger partial charge in [0.1, 0.15) is 0 Å². The van der Waals surface area contributed by atoms with Crippen LogP contribution in [0.4, 0.5) is 5.69 Å². The molecule has 112 valence electrons. The van der Waals surface area contributed by atoms with Gasteiger partial charge < -0.3 is 20.1 Å². The number of hydrogen-bond acceptors (Lipinski definition) is 4. The fourth-order valence-corrected chi connectivity index (χ4v) is 2.24. The topological polar surface area (TPSA) is 61.8 Å². The van der Waals surface area contributed by atoms with Crippen molar-refractivity contribution < 1.29 is 14.6 Å². The SMILES string of the molecule is COCCNC(=O)CN(C)c1ccc(Br)cc1C(C)O. The zero-order chi connectivity index (χ0) is 15.1. The summed E-state index contributed by atoms with van der Waals surface area (Å²) in [6.45, 7) is 2.92. The maximum atomic E-state index is 11.8. The molecule has 0 heterocycles. The van der Waals surface area contributed by atoms with Gasteiger partial charge in [0.25, 0.3) is 0 Å². The average molecular weight is 345 g/mol. The highest BCUT2D eigenvalue weighted by atomic mass is 79.9. The molecule has 1 atom stereocenters. The molecule has 1 amide bonds. The second kappa shape index (κ2) is 8.24. The number of aliphatic hydroxyl groups excluding tert-OH is 1. The van der Waals surface area contributed by atoms with Crippen LogP contribution in [-0.2, 0) is 9.53 Å². The quantitative estimate of drug-likeness (QED) is 0.739. The van der Waals surface area contributed by atoms with E-state index < -0.39 is 6.10 Å². The molecule has 0 aliphatic carbocycles. The Morgan fingerprint density at radius 1 is 1.55 bits per heavy atom. The molecule has 1 unspecified atom stereocenters. The van der Waals surface area contributed by atoms with Gasteiger partial charge in [0, 0.05) is 36.4 Å². The van der Waals surface area contributed by atoms with E-state index in [1.54, 1.807) is 14.0 Å². The van der Waals surface area contributed by atoms with E-state index in [0.29, 0.717) is 13.2 Å². The minimum absolute atomic E-state index is 0.0796. The first-order valence-electron chi connectivity index (χ1n) is 6.40. The van der Waals surface area contributed by atoms with Crippen LogP contribution in [0.25, 0.3) is 0 Å². The van der Waals surface area contributed by atoms with Crippen LogP contribution in [0, 0.1) is 0 Å². The van der Waals surface area contributed by atoms with E-state index in [9.17, 15) is 9.90 Å². The summed E-state index contributed by atoms with van der Waals surface area (Å²) in [6.07, 6.45) is -0.596. The molecule has 0 bridgehead atoms. The van der Waals surface area contributed by atoms with Crippen molar-refractivity contribution in [3.63, 3.8) is 0 Å². The predicted octanol–water partition coefficient (Wildman–Crippen LogP) is 1.70. The second-order valence-electron chi connectivity index (χ2n) is 4.58. The summed E-state index contributed by atoms with van der Waals surface area (Å²) in [5.74, 6) is -0.0796. The third-order valence-corrected chi connectivity index (χ3v) is 3.35. The number of anilines is 1. The van der Waals surface area contributed by atoms with Gasteiger partial charge in [0.2, 0.25) is 5.91 Å². The molecule has 20 heavy (non-hydrogen) atoms. The van der Waals surface area contributed by atoms with Crippen molar-refractivity contribution >= 4 is 27.5 Å². The van der Waals surface area contributed by atoms with Gasteiger partial charge in [-0.25, -0.2) is 0 Å². The van der Waals surface area contributed by atoms with Crippen molar-refractivity contribution in [1.82, 2.24) is 5.32 Å². The Labute approximate surface area is 128 Å². The standard InChI is InChI=1S/C14H21BrN2O3/c1-10(18)12-8-11(15)4-5-13(12)17(2)9-14(19)16-6-7-20-3/h4-5,8,10,18H,6-7,9H2,1-3H3,(H,16,19). The molecule has 1 aromatic carbocycles. The molecule has 1 rings (SSSR count). The third kappa shape index (κ3) is 5.11. The number of hydrogen-bond donors (Lipinski definition) is 2. The maximum Gasteiger partial charge on any atom is 0.239 e. The molecule has 0 fully saturated rings. The molecule has 0 aliphatic heterocycles. The fraction of sp³-hybridized carbons (Fsp3) is 0.500. The van der Waals surface area contributed by atoms with E-state index in [1.165, 1.54) is 0 Å². The third-order valence-electron chi connectivity index (χ3n) is 2.86. The highest BCUT2D eigenvalue weighted by Crippen LogP contribution is 2.28. The lowest BCUT2D eigenvalue weighted by Gasteiger charge is -2.23. The molecule has 0 aromatic heterocycles. The van der Waals surface area contributed by atoms with Crippen molar-refractivity contribution in [3.8, 4) is 0 Å². The van der Waals surface area contributed by atoms with E-state index in [4.69, 9.17) is 4.74 Å². The summed E-state index contributed by atoms with van der Waals surface area (Å²) < 4.78 is 5.78. The number of benzene rings is 1. The van der Waals surface area contributed by atoms with Gasteiger partial charge in [-0.1, -0.05) is 15.9 Å². The van der Waals surface area contributed by atoms with E-state index >= 15 is 0 Å². The summed E-state index contributed by atoms with van der Waals surface area (Å²) in [4.78, 5) is 13.6. The summed E-state index contributed by atoms with van der Waals surface area (Å²) >= 11 is 3.38. The number of rotatable bonds is 7. The zero-order valence-electron chi connectivity index (χ0n) is 12.0. The Hall–Kier alpha value is -1.11. The summed E-state index contributed by atoms with van der Waals surface area (Å²) in [6, 6.07) is 5.63. The minimum Gasteiger partial charge on any atom is -0.389 e. The highest BCUT2D eigenvalue weighted by Gasteiger charge is 2.14. The minimum atomic E-state index is -0.596. The van der Waals surface area contributed by atoms with Gasteiger partial charge in [-0.15, -0.1) is 0 Å². The summed E-state index contributed by atoms with van der Waals surface area (Å²) in [7, 11) is 3.42. The van der Waals surface area contributed by atoms with Crippen LogP contribution in [-0.4, -0.2) is 44.9 Å². The zero-order valence-corrected chi connectivity index (χ0v) is 13.6.